The van der Waals surface area contributed by atoms with Crippen molar-refractivity contribution in [1.29, 1.82) is 0 Å². The molecule has 0 aromatic heterocycles. The zero-order valence-corrected chi connectivity index (χ0v) is 11.3. The van der Waals surface area contributed by atoms with E-state index in [-0.39, 0.29) is 5.92 Å². The monoisotopic (exact) mass is 263 g/mol. The van der Waals surface area contributed by atoms with Crippen LogP contribution >= 0.6 is 0 Å². The minimum atomic E-state index is -0.642. The fraction of sp³-hybridized carbons (Fsp3) is 0.533. The smallest absolute Gasteiger partial charge is 0.306 e. The average Bonchev–Trinajstić information content (AvgIpc) is 2.45. The minimum absolute atomic E-state index is 0.137. The number of carboxylic acids is 1. The van der Waals surface area contributed by atoms with E-state index >= 15 is 0 Å². The van der Waals surface area contributed by atoms with Crippen LogP contribution in [0.1, 0.15) is 25.7 Å². The number of para-hydroxylation sites is 2. The molecule has 0 radical (unpaired) electrons. The average molecular weight is 263 g/mol. The molecule has 2 rings (SSSR count). The van der Waals surface area contributed by atoms with Crippen molar-refractivity contribution in [1.82, 2.24) is 0 Å². The van der Waals surface area contributed by atoms with Gasteiger partial charge in [-0.25, -0.2) is 0 Å². The van der Waals surface area contributed by atoms with Gasteiger partial charge in [0.05, 0.1) is 18.7 Å². The standard InChI is InChI=1S/C15H21NO3/c1-19-14-5-3-2-4-13(14)16-10-11-6-8-12(9-7-11)15(17)18/h2-5,11-12,16H,6-10H2,1H3,(H,17,18). The summed E-state index contributed by atoms with van der Waals surface area (Å²) < 4.78 is 5.29. The molecule has 0 bridgehead atoms. The summed E-state index contributed by atoms with van der Waals surface area (Å²) in [5.41, 5.74) is 1.00. The third-order valence-corrected chi connectivity index (χ3v) is 3.88. The van der Waals surface area contributed by atoms with E-state index in [0.29, 0.717) is 5.92 Å². The maximum atomic E-state index is 10.9. The van der Waals surface area contributed by atoms with Gasteiger partial charge in [-0.1, -0.05) is 12.1 Å². The molecular weight excluding hydrogens is 242 g/mol. The summed E-state index contributed by atoms with van der Waals surface area (Å²) in [7, 11) is 1.67. The van der Waals surface area contributed by atoms with E-state index in [1.807, 2.05) is 24.3 Å². The molecule has 0 unspecified atom stereocenters. The molecule has 4 heteroatoms. The molecule has 0 spiro atoms. The number of carboxylic acid groups (broad SMARTS) is 1. The first-order chi connectivity index (χ1) is 9.20. The summed E-state index contributed by atoms with van der Waals surface area (Å²) >= 11 is 0. The van der Waals surface area contributed by atoms with Crippen molar-refractivity contribution >= 4 is 11.7 Å². The fourth-order valence-corrected chi connectivity index (χ4v) is 2.66. The second kappa shape index (κ2) is 6.45. The largest absolute Gasteiger partial charge is 0.495 e. The first-order valence-electron chi connectivity index (χ1n) is 6.80. The number of carbonyl (C=O) groups is 1. The number of aliphatic carboxylic acids is 1. The van der Waals surface area contributed by atoms with Gasteiger partial charge in [-0.3, -0.25) is 4.79 Å². The van der Waals surface area contributed by atoms with Crippen molar-refractivity contribution in [3.63, 3.8) is 0 Å². The van der Waals surface area contributed by atoms with Crippen LogP contribution in [-0.2, 0) is 4.79 Å². The Morgan fingerprint density at radius 2 is 2.00 bits per heavy atom. The van der Waals surface area contributed by atoms with Gasteiger partial charge in [-0.05, 0) is 43.7 Å². The number of anilines is 1. The summed E-state index contributed by atoms with van der Waals surface area (Å²) in [5.74, 6) is 0.626. The normalized spacial score (nSPS) is 22.8. The highest BCUT2D eigenvalue weighted by atomic mass is 16.5. The van der Waals surface area contributed by atoms with Gasteiger partial charge < -0.3 is 15.2 Å². The zero-order valence-electron chi connectivity index (χ0n) is 11.3. The second-order valence-electron chi connectivity index (χ2n) is 5.14. The Hall–Kier alpha value is -1.71. The van der Waals surface area contributed by atoms with Crippen LogP contribution in [-0.4, -0.2) is 24.7 Å². The van der Waals surface area contributed by atoms with Crippen LogP contribution in [0, 0.1) is 11.8 Å². The third-order valence-electron chi connectivity index (χ3n) is 3.88. The van der Waals surface area contributed by atoms with Gasteiger partial charge in [-0.2, -0.15) is 0 Å². The summed E-state index contributed by atoms with van der Waals surface area (Å²) in [6.45, 7) is 0.882. The van der Waals surface area contributed by atoms with Crippen LogP contribution in [0.15, 0.2) is 24.3 Å². The molecule has 1 aliphatic rings. The molecule has 0 aliphatic heterocycles. The molecule has 1 aromatic rings. The Morgan fingerprint density at radius 1 is 1.32 bits per heavy atom. The highest BCUT2D eigenvalue weighted by Crippen LogP contribution is 2.30. The van der Waals surface area contributed by atoms with E-state index in [4.69, 9.17) is 9.84 Å². The zero-order chi connectivity index (χ0) is 13.7. The first kappa shape index (κ1) is 13.7. The highest BCUT2D eigenvalue weighted by molar-refractivity contribution is 5.70. The predicted molar refractivity (Wildman–Crippen MR) is 74.6 cm³/mol. The summed E-state index contributed by atoms with van der Waals surface area (Å²) in [6.07, 6.45) is 3.57. The van der Waals surface area contributed by atoms with Crippen molar-refractivity contribution in [2.75, 3.05) is 19.0 Å². The molecule has 0 amide bonds. The number of rotatable bonds is 5. The molecule has 1 saturated carbocycles. The van der Waals surface area contributed by atoms with E-state index in [1.165, 1.54) is 0 Å². The van der Waals surface area contributed by atoms with Gasteiger partial charge in [0.2, 0.25) is 0 Å². The molecule has 4 nitrogen and oxygen atoms in total. The molecule has 1 aliphatic carbocycles. The van der Waals surface area contributed by atoms with E-state index in [9.17, 15) is 4.79 Å². The highest BCUT2D eigenvalue weighted by Gasteiger charge is 2.25. The van der Waals surface area contributed by atoms with Crippen molar-refractivity contribution in [3.8, 4) is 5.75 Å². The lowest BCUT2D eigenvalue weighted by atomic mass is 9.82. The predicted octanol–water partition coefficient (Wildman–Crippen LogP) is 3.00. The summed E-state index contributed by atoms with van der Waals surface area (Å²) in [5, 5.41) is 12.4. The molecule has 19 heavy (non-hydrogen) atoms. The van der Waals surface area contributed by atoms with Crippen molar-refractivity contribution in [3.05, 3.63) is 24.3 Å². The maximum absolute atomic E-state index is 10.9. The lowest BCUT2D eigenvalue weighted by Crippen LogP contribution is -2.25. The summed E-state index contributed by atoms with van der Waals surface area (Å²) in [6, 6.07) is 7.86. The minimum Gasteiger partial charge on any atom is -0.495 e. The Bertz CT molecular complexity index is 425. The Morgan fingerprint density at radius 3 is 2.63 bits per heavy atom. The van der Waals surface area contributed by atoms with Crippen LogP contribution in [0.2, 0.25) is 0 Å². The Kier molecular flexibility index (Phi) is 4.66. The van der Waals surface area contributed by atoms with Crippen LogP contribution in [0.25, 0.3) is 0 Å². The van der Waals surface area contributed by atoms with Gasteiger partial charge in [-0.15, -0.1) is 0 Å². The molecule has 0 atom stereocenters. The number of ether oxygens (including phenoxy) is 1. The number of benzene rings is 1. The first-order valence-corrected chi connectivity index (χ1v) is 6.80. The van der Waals surface area contributed by atoms with Crippen LogP contribution in [0.4, 0.5) is 5.69 Å². The number of hydrogen-bond acceptors (Lipinski definition) is 3. The molecule has 104 valence electrons. The molecule has 1 aromatic carbocycles. The molecule has 1 fully saturated rings. The number of nitrogens with one attached hydrogen (secondary N) is 1. The SMILES string of the molecule is COc1ccccc1NCC1CCC(C(=O)O)CC1. The van der Waals surface area contributed by atoms with Crippen molar-refractivity contribution in [2.24, 2.45) is 11.8 Å². The third kappa shape index (κ3) is 3.63. The quantitative estimate of drug-likeness (QED) is 0.857. The van der Waals surface area contributed by atoms with Crippen molar-refractivity contribution < 1.29 is 14.6 Å². The van der Waals surface area contributed by atoms with Gasteiger partial charge in [0.15, 0.2) is 0 Å². The Balaban J connectivity index is 1.82. The van der Waals surface area contributed by atoms with E-state index in [2.05, 4.69) is 5.32 Å². The van der Waals surface area contributed by atoms with Gasteiger partial charge >= 0.3 is 5.97 Å². The van der Waals surface area contributed by atoms with Crippen LogP contribution in [0.5, 0.6) is 5.75 Å². The van der Waals surface area contributed by atoms with Crippen LogP contribution in [0.3, 0.4) is 0 Å². The lowest BCUT2D eigenvalue weighted by molar-refractivity contribution is -0.143. The van der Waals surface area contributed by atoms with E-state index < -0.39 is 5.97 Å². The van der Waals surface area contributed by atoms with E-state index in [0.717, 1.165) is 43.7 Å². The fourth-order valence-electron chi connectivity index (χ4n) is 2.66. The number of hydrogen-bond donors (Lipinski definition) is 2. The lowest BCUT2D eigenvalue weighted by Gasteiger charge is -2.26. The molecule has 0 heterocycles. The van der Waals surface area contributed by atoms with Gasteiger partial charge in [0.25, 0.3) is 0 Å². The molecular formula is C15H21NO3. The topological polar surface area (TPSA) is 58.6 Å². The van der Waals surface area contributed by atoms with Crippen LogP contribution < -0.4 is 10.1 Å². The van der Waals surface area contributed by atoms with Crippen molar-refractivity contribution in [2.45, 2.75) is 25.7 Å². The molecule has 0 saturated heterocycles. The van der Waals surface area contributed by atoms with E-state index in [1.54, 1.807) is 7.11 Å². The number of methoxy groups -OCH3 is 1. The Labute approximate surface area is 113 Å². The second-order valence-corrected chi connectivity index (χ2v) is 5.14. The maximum Gasteiger partial charge on any atom is 0.306 e. The van der Waals surface area contributed by atoms with Gasteiger partial charge in [0, 0.05) is 6.54 Å². The molecule has 2 N–H and O–H groups in total. The van der Waals surface area contributed by atoms with Gasteiger partial charge in [0.1, 0.15) is 5.75 Å². The summed E-state index contributed by atoms with van der Waals surface area (Å²) in [4.78, 5) is 10.9.